The van der Waals surface area contributed by atoms with Crippen molar-refractivity contribution in [2.45, 2.75) is 19.1 Å². The Kier molecular flexibility index (Phi) is 6.90. The van der Waals surface area contributed by atoms with Crippen LogP contribution < -0.4 is 10.1 Å². The summed E-state index contributed by atoms with van der Waals surface area (Å²) in [5.74, 6) is 0.419. The lowest BCUT2D eigenvalue weighted by atomic mass is 10.2. The Labute approximate surface area is 152 Å². The number of nitrogens with zero attached hydrogens (tertiary/aromatic N) is 2. The number of benzene rings is 1. The summed E-state index contributed by atoms with van der Waals surface area (Å²) in [6.45, 7) is 3.27. The minimum atomic E-state index is -0.376. The molecular weight excluding hydrogens is 346 g/mol. The van der Waals surface area contributed by atoms with Crippen LogP contribution >= 0.6 is 11.6 Å². The van der Waals surface area contributed by atoms with Crippen molar-refractivity contribution < 1.29 is 19.1 Å². The van der Waals surface area contributed by atoms with Crippen LogP contribution in [-0.4, -0.2) is 74.3 Å². The first-order valence-electron chi connectivity index (χ1n) is 8.12. The van der Waals surface area contributed by atoms with Crippen molar-refractivity contribution >= 4 is 23.6 Å². The number of likely N-dealkylation sites (tertiary alicyclic amines) is 1. The second-order valence-corrected chi connectivity index (χ2v) is 6.76. The van der Waals surface area contributed by atoms with Crippen LogP contribution in [0.3, 0.4) is 0 Å². The molecule has 1 atom stereocenters. The summed E-state index contributed by atoms with van der Waals surface area (Å²) in [4.78, 5) is 26.9. The van der Waals surface area contributed by atoms with Gasteiger partial charge in [-0.3, -0.25) is 9.69 Å². The van der Waals surface area contributed by atoms with E-state index in [0.717, 1.165) is 5.75 Å². The average Bonchev–Trinajstić information content (AvgIpc) is 2.49. The van der Waals surface area contributed by atoms with Crippen molar-refractivity contribution in [2.24, 2.45) is 0 Å². The number of urea groups is 1. The molecule has 25 heavy (non-hydrogen) atoms. The molecule has 1 aromatic carbocycles. The highest BCUT2D eigenvalue weighted by Gasteiger charge is 2.32. The summed E-state index contributed by atoms with van der Waals surface area (Å²) >= 11 is 5.83. The molecule has 1 unspecified atom stereocenters. The zero-order chi connectivity index (χ0) is 18.4. The summed E-state index contributed by atoms with van der Waals surface area (Å²) in [5.41, 5.74) is 0. The summed E-state index contributed by atoms with van der Waals surface area (Å²) in [6.07, 6.45) is -0.402. The predicted octanol–water partition coefficient (Wildman–Crippen LogP) is 1.61. The molecule has 1 fully saturated rings. The van der Waals surface area contributed by atoms with Gasteiger partial charge in [0.2, 0.25) is 0 Å². The van der Waals surface area contributed by atoms with Crippen LogP contribution in [0.25, 0.3) is 0 Å². The van der Waals surface area contributed by atoms with Gasteiger partial charge < -0.3 is 19.7 Å². The van der Waals surface area contributed by atoms with Crippen LogP contribution in [0.2, 0.25) is 5.02 Å². The highest BCUT2D eigenvalue weighted by molar-refractivity contribution is 6.30. The van der Waals surface area contributed by atoms with Crippen molar-refractivity contribution in [3.05, 3.63) is 29.3 Å². The molecule has 0 bridgehead atoms. The second-order valence-electron chi connectivity index (χ2n) is 6.32. The maximum absolute atomic E-state index is 12.0. The molecule has 1 saturated heterocycles. The molecule has 138 valence electrons. The number of halogens is 1. The SMILES string of the molecule is CC(CNC(=O)N1CC(Oc2ccc(Cl)cc2)C1)OC(=O)CN(C)C. The molecule has 8 heteroatoms. The van der Waals surface area contributed by atoms with Gasteiger partial charge in [-0.15, -0.1) is 0 Å². The molecule has 1 aliphatic rings. The summed E-state index contributed by atoms with van der Waals surface area (Å²) < 4.78 is 10.9. The third kappa shape index (κ3) is 6.43. The van der Waals surface area contributed by atoms with Crippen molar-refractivity contribution in [1.29, 1.82) is 0 Å². The zero-order valence-corrected chi connectivity index (χ0v) is 15.5. The van der Waals surface area contributed by atoms with Crippen LogP contribution in [-0.2, 0) is 9.53 Å². The van der Waals surface area contributed by atoms with Gasteiger partial charge in [-0.25, -0.2) is 4.79 Å². The number of carbonyl (C=O) groups is 2. The normalized spacial score (nSPS) is 15.5. The number of ether oxygens (including phenoxy) is 2. The molecule has 1 N–H and O–H groups in total. The Balaban J connectivity index is 1.63. The van der Waals surface area contributed by atoms with Crippen LogP contribution in [0.1, 0.15) is 6.92 Å². The fraction of sp³-hybridized carbons (Fsp3) is 0.529. The Bertz CT molecular complexity index is 588. The third-order valence-electron chi connectivity index (χ3n) is 3.57. The lowest BCUT2D eigenvalue weighted by molar-refractivity contribution is -0.148. The summed E-state index contributed by atoms with van der Waals surface area (Å²) in [5, 5.41) is 3.41. The van der Waals surface area contributed by atoms with E-state index in [0.29, 0.717) is 18.1 Å². The lowest BCUT2D eigenvalue weighted by Crippen LogP contribution is -2.59. The van der Waals surface area contributed by atoms with Crippen LogP contribution in [0.5, 0.6) is 5.75 Å². The Morgan fingerprint density at radius 2 is 1.96 bits per heavy atom. The van der Waals surface area contributed by atoms with Gasteiger partial charge in [0.05, 0.1) is 26.2 Å². The van der Waals surface area contributed by atoms with Crippen molar-refractivity contribution in [1.82, 2.24) is 15.1 Å². The maximum Gasteiger partial charge on any atom is 0.320 e. The quantitative estimate of drug-likeness (QED) is 0.739. The van der Waals surface area contributed by atoms with Gasteiger partial charge >= 0.3 is 12.0 Å². The fourth-order valence-corrected chi connectivity index (χ4v) is 2.41. The summed E-state index contributed by atoms with van der Waals surface area (Å²) in [6, 6.07) is 6.94. The minimum Gasteiger partial charge on any atom is -0.487 e. The first-order chi connectivity index (χ1) is 11.8. The van der Waals surface area contributed by atoms with Gasteiger partial charge in [0.25, 0.3) is 0 Å². The molecule has 0 spiro atoms. The molecule has 2 rings (SSSR count). The lowest BCUT2D eigenvalue weighted by Gasteiger charge is -2.38. The fourth-order valence-electron chi connectivity index (χ4n) is 2.29. The largest absolute Gasteiger partial charge is 0.487 e. The number of hydrogen-bond donors (Lipinski definition) is 1. The van der Waals surface area contributed by atoms with Gasteiger partial charge in [-0.2, -0.15) is 0 Å². The van der Waals surface area contributed by atoms with Gasteiger partial charge in [-0.1, -0.05) is 11.6 Å². The smallest absolute Gasteiger partial charge is 0.320 e. The molecule has 2 amide bonds. The monoisotopic (exact) mass is 369 g/mol. The molecule has 0 aromatic heterocycles. The Morgan fingerprint density at radius 1 is 1.32 bits per heavy atom. The van der Waals surface area contributed by atoms with Gasteiger partial charge in [0, 0.05) is 5.02 Å². The van der Waals surface area contributed by atoms with Crippen molar-refractivity contribution in [2.75, 3.05) is 40.3 Å². The van der Waals surface area contributed by atoms with Gasteiger partial charge in [0.15, 0.2) is 0 Å². The minimum absolute atomic E-state index is 0.0257. The van der Waals surface area contributed by atoms with E-state index in [1.165, 1.54) is 0 Å². The number of hydrogen-bond acceptors (Lipinski definition) is 5. The predicted molar refractivity (Wildman–Crippen MR) is 94.9 cm³/mol. The van der Waals surface area contributed by atoms with E-state index in [1.54, 1.807) is 55.1 Å². The molecule has 0 radical (unpaired) electrons. The molecule has 7 nitrogen and oxygen atoms in total. The summed E-state index contributed by atoms with van der Waals surface area (Å²) in [7, 11) is 3.58. The molecule has 1 aliphatic heterocycles. The number of amides is 2. The molecule has 1 heterocycles. The number of rotatable bonds is 7. The van der Waals surface area contributed by atoms with E-state index >= 15 is 0 Å². The van der Waals surface area contributed by atoms with Crippen LogP contribution in [0.15, 0.2) is 24.3 Å². The number of carbonyl (C=O) groups excluding carboxylic acids is 2. The Morgan fingerprint density at radius 3 is 2.56 bits per heavy atom. The maximum atomic E-state index is 12.0. The number of esters is 1. The first kappa shape index (κ1) is 19.3. The molecular formula is C17H24ClN3O4. The number of nitrogens with one attached hydrogen (secondary N) is 1. The highest BCUT2D eigenvalue weighted by Crippen LogP contribution is 2.20. The number of likely N-dealkylation sites (N-methyl/N-ethyl adjacent to an activating group) is 1. The van der Waals surface area contributed by atoms with E-state index in [2.05, 4.69) is 5.32 Å². The zero-order valence-electron chi connectivity index (χ0n) is 14.7. The van der Waals surface area contributed by atoms with E-state index in [1.807, 2.05) is 0 Å². The van der Waals surface area contributed by atoms with E-state index in [-0.39, 0.29) is 37.3 Å². The first-order valence-corrected chi connectivity index (χ1v) is 8.50. The standard InChI is InChI=1S/C17H24ClN3O4/c1-12(24-16(22)11-20(2)3)8-19-17(23)21-9-15(10-21)25-14-6-4-13(18)5-7-14/h4-7,12,15H,8-11H2,1-3H3,(H,19,23). The Hall–Kier alpha value is -1.99. The van der Waals surface area contributed by atoms with Gasteiger partial charge in [0.1, 0.15) is 18.0 Å². The third-order valence-corrected chi connectivity index (χ3v) is 3.82. The highest BCUT2D eigenvalue weighted by atomic mass is 35.5. The van der Waals surface area contributed by atoms with Crippen LogP contribution in [0, 0.1) is 0 Å². The topological polar surface area (TPSA) is 71.1 Å². The average molecular weight is 370 g/mol. The van der Waals surface area contributed by atoms with E-state index in [4.69, 9.17) is 21.1 Å². The van der Waals surface area contributed by atoms with E-state index in [9.17, 15) is 9.59 Å². The molecule has 1 aromatic rings. The van der Waals surface area contributed by atoms with Gasteiger partial charge in [-0.05, 0) is 45.3 Å². The molecule has 0 saturated carbocycles. The van der Waals surface area contributed by atoms with Crippen molar-refractivity contribution in [3.8, 4) is 5.75 Å². The van der Waals surface area contributed by atoms with Crippen LogP contribution in [0.4, 0.5) is 4.79 Å². The molecule has 0 aliphatic carbocycles. The van der Waals surface area contributed by atoms with E-state index < -0.39 is 0 Å². The second kappa shape index (κ2) is 8.92. The van der Waals surface area contributed by atoms with Crippen molar-refractivity contribution in [3.63, 3.8) is 0 Å².